The lowest BCUT2D eigenvalue weighted by Gasteiger charge is -2.40. The van der Waals surface area contributed by atoms with Crippen LogP contribution < -0.4 is 0 Å². The Bertz CT molecular complexity index is 507. The average Bonchev–Trinajstić information content (AvgIpc) is 2.43. The van der Waals surface area contributed by atoms with E-state index in [9.17, 15) is 13.6 Å². The number of ether oxygens (including phenoxy) is 1. The lowest BCUT2D eigenvalue weighted by atomic mass is 10.0. The predicted octanol–water partition coefficient (Wildman–Crippen LogP) is 2.65. The summed E-state index contributed by atoms with van der Waals surface area (Å²) in [5.41, 5.74) is 0.197. The maximum atomic E-state index is 13.2. The van der Waals surface area contributed by atoms with Gasteiger partial charge in [-0.3, -0.25) is 9.69 Å². The van der Waals surface area contributed by atoms with E-state index in [0.717, 1.165) is 12.1 Å². The molecule has 0 aliphatic carbocycles. The second-order valence-corrected chi connectivity index (χ2v) is 5.36. The first kappa shape index (κ1) is 15.1. The van der Waals surface area contributed by atoms with Crippen LogP contribution in [0.1, 0.15) is 31.1 Å². The number of carbonyl (C=O) groups is 1. The van der Waals surface area contributed by atoms with Gasteiger partial charge in [-0.2, -0.15) is 0 Å². The fraction of sp³-hybridized carbons (Fsp3) is 0.533. The summed E-state index contributed by atoms with van der Waals surface area (Å²) in [6, 6.07) is 3.01. The van der Waals surface area contributed by atoms with Crippen molar-refractivity contribution in [2.24, 2.45) is 0 Å². The van der Waals surface area contributed by atoms with Crippen molar-refractivity contribution in [1.82, 2.24) is 4.90 Å². The summed E-state index contributed by atoms with van der Waals surface area (Å²) in [6.07, 6.45) is 0.0615. The Morgan fingerprint density at radius 3 is 2.70 bits per heavy atom. The standard InChI is InChI=1S/C15H19F2NO2/c1-9-8-20-10(2)7-18(9)11(3)15(19)12-4-5-13(16)14(17)6-12/h4-6,9-11H,7-8H2,1-3H3. The van der Waals surface area contributed by atoms with Gasteiger partial charge in [0.15, 0.2) is 17.4 Å². The Hall–Kier alpha value is -1.33. The minimum atomic E-state index is -0.994. The van der Waals surface area contributed by atoms with Gasteiger partial charge in [0.1, 0.15) is 0 Å². The first-order valence-electron chi connectivity index (χ1n) is 6.76. The lowest BCUT2D eigenvalue weighted by molar-refractivity contribution is -0.0585. The molecule has 5 heteroatoms. The third-order valence-corrected chi connectivity index (χ3v) is 3.74. The zero-order chi connectivity index (χ0) is 14.9. The summed E-state index contributed by atoms with van der Waals surface area (Å²) >= 11 is 0. The minimum Gasteiger partial charge on any atom is -0.376 e. The number of hydrogen-bond donors (Lipinski definition) is 0. The third-order valence-electron chi connectivity index (χ3n) is 3.74. The van der Waals surface area contributed by atoms with Gasteiger partial charge >= 0.3 is 0 Å². The molecule has 0 saturated carbocycles. The van der Waals surface area contributed by atoms with Crippen LogP contribution in [-0.4, -0.2) is 42.0 Å². The average molecular weight is 283 g/mol. The fourth-order valence-electron chi connectivity index (χ4n) is 2.51. The smallest absolute Gasteiger partial charge is 0.179 e. The molecule has 2 rings (SSSR count). The van der Waals surface area contributed by atoms with Gasteiger partial charge in [-0.05, 0) is 39.0 Å². The number of ketones is 1. The normalized spacial score (nSPS) is 25.4. The zero-order valence-electron chi connectivity index (χ0n) is 11.9. The Morgan fingerprint density at radius 1 is 1.35 bits per heavy atom. The Balaban J connectivity index is 2.16. The molecule has 3 nitrogen and oxygen atoms in total. The first-order valence-corrected chi connectivity index (χ1v) is 6.76. The number of rotatable bonds is 3. The Morgan fingerprint density at radius 2 is 2.05 bits per heavy atom. The summed E-state index contributed by atoms with van der Waals surface area (Å²) in [5.74, 6) is -2.14. The summed E-state index contributed by atoms with van der Waals surface area (Å²) in [6.45, 7) is 6.95. The molecular formula is C15H19F2NO2. The molecule has 1 aliphatic rings. The van der Waals surface area contributed by atoms with E-state index in [2.05, 4.69) is 0 Å². The van der Waals surface area contributed by atoms with Crippen LogP contribution in [0.3, 0.4) is 0 Å². The zero-order valence-corrected chi connectivity index (χ0v) is 11.9. The van der Waals surface area contributed by atoms with E-state index >= 15 is 0 Å². The molecule has 0 spiro atoms. The molecule has 20 heavy (non-hydrogen) atoms. The monoisotopic (exact) mass is 283 g/mol. The molecule has 1 heterocycles. The Kier molecular flexibility index (Phi) is 4.50. The van der Waals surface area contributed by atoms with Crippen molar-refractivity contribution in [3.8, 4) is 0 Å². The summed E-state index contributed by atoms with van der Waals surface area (Å²) < 4.78 is 31.7. The maximum Gasteiger partial charge on any atom is 0.179 e. The van der Waals surface area contributed by atoms with Crippen molar-refractivity contribution < 1.29 is 18.3 Å². The molecule has 1 aromatic carbocycles. The Labute approximate surface area is 117 Å². The van der Waals surface area contributed by atoms with Gasteiger partial charge < -0.3 is 4.74 Å². The molecule has 3 unspecified atom stereocenters. The molecule has 0 radical (unpaired) electrons. The van der Waals surface area contributed by atoms with E-state index in [1.165, 1.54) is 6.07 Å². The molecule has 0 amide bonds. The van der Waals surface area contributed by atoms with Crippen LogP contribution in [0, 0.1) is 11.6 Å². The molecule has 3 atom stereocenters. The van der Waals surface area contributed by atoms with Gasteiger partial charge in [0.2, 0.25) is 0 Å². The minimum absolute atomic E-state index is 0.0615. The van der Waals surface area contributed by atoms with Gasteiger partial charge in [-0.25, -0.2) is 8.78 Å². The highest BCUT2D eigenvalue weighted by Crippen LogP contribution is 2.19. The molecule has 0 N–H and O–H groups in total. The molecule has 0 aromatic heterocycles. The molecule has 110 valence electrons. The van der Waals surface area contributed by atoms with Gasteiger partial charge in [0.05, 0.1) is 18.8 Å². The molecule has 1 saturated heterocycles. The predicted molar refractivity (Wildman–Crippen MR) is 71.7 cm³/mol. The van der Waals surface area contributed by atoms with Crippen LogP contribution >= 0.6 is 0 Å². The van der Waals surface area contributed by atoms with Crippen molar-refractivity contribution in [3.63, 3.8) is 0 Å². The summed E-state index contributed by atoms with van der Waals surface area (Å²) in [4.78, 5) is 14.4. The van der Waals surface area contributed by atoms with Crippen LogP contribution in [0.2, 0.25) is 0 Å². The highest BCUT2D eigenvalue weighted by molar-refractivity contribution is 5.99. The first-order chi connectivity index (χ1) is 9.40. The second-order valence-electron chi connectivity index (χ2n) is 5.36. The van der Waals surface area contributed by atoms with Crippen LogP contribution in [-0.2, 0) is 4.74 Å². The van der Waals surface area contributed by atoms with Crippen molar-refractivity contribution in [1.29, 1.82) is 0 Å². The molecule has 1 aromatic rings. The molecule has 1 fully saturated rings. The maximum absolute atomic E-state index is 13.2. The number of benzene rings is 1. The quantitative estimate of drug-likeness (QED) is 0.799. The largest absolute Gasteiger partial charge is 0.376 e. The van der Waals surface area contributed by atoms with E-state index < -0.39 is 11.6 Å². The number of carbonyl (C=O) groups excluding carboxylic acids is 1. The summed E-state index contributed by atoms with van der Waals surface area (Å²) in [7, 11) is 0. The van der Waals surface area contributed by atoms with Crippen LogP contribution in [0.25, 0.3) is 0 Å². The van der Waals surface area contributed by atoms with Crippen LogP contribution in [0.5, 0.6) is 0 Å². The number of nitrogens with zero attached hydrogens (tertiary/aromatic N) is 1. The topological polar surface area (TPSA) is 29.5 Å². The fourth-order valence-corrected chi connectivity index (χ4v) is 2.51. The van der Waals surface area contributed by atoms with Crippen molar-refractivity contribution >= 4 is 5.78 Å². The lowest BCUT2D eigenvalue weighted by Crippen LogP contribution is -2.53. The van der Waals surface area contributed by atoms with Crippen molar-refractivity contribution in [3.05, 3.63) is 35.4 Å². The van der Waals surface area contributed by atoms with Crippen molar-refractivity contribution in [2.75, 3.05) is 13.2 Å². The highest BCUT2D eigenvalue weighted by atomic mass is 19.2. The van der Waals surface area contributed by atoms with Crippen LogP contribution in [0.4, 0.5) is 8.78 Å². The van der Waals surface area contributed by atoms with Gasteiger partial charge in [0.25, 0.3) is 0 Å². The van der Waals surface area contributed by atoms with E-state index in [0.29, 0.717) is 13.2 Å². The third kappa shape index (κ3) is 3.04. The van der Waals surface area contributed by atoms with E-state index in [1.54, 1.807) is 6.92 Å². The van der Waals surface area contributed by atoms with Gasteiger partial charge in [-0.1, -0.05) is 0 Å². The number of hydrogen-bond acceptors (Lipinski definition) is 3. The van der Waals surface area contributed by atoms with Crippen LogP contribution in [0.15, 0.2) is 18.2 Å². The van der Waals surface area contributed by atoms with E-state index in [4.69, 9.17) is 4.74 Å². The summed E-state index contributed by atoms with van der Waals surface area (Å²) in [5, 5.41) is 0. The highest BCUT2D eigenvalue weighted by Gasteiger charge is 2.31. The van der Waals surface area contributed by atoms with E-state index in [1.807, 2.05) is 18.7 Å². The number of morpholine rings is 1. The molecular weight excluding hydrogens is 264 g/mol. The van der Waals surface area contributed by atoms with E-state index in [-0.39, 0.29) is 29.5 Å². The molecule has 1 aliphatic heterocycles. The SMILES string of the molecule is CC1CN(C(C)C(=O)c2ccc(F)c(F)c2)C(C)CO1. The van der Waals surface area contributed by atoms with Gasteiger partial charge in [-0.15, -0.1) is 0 Å². The number of Topliss-reactive ketones (excluding diaryl/α,β-unsaturated/α-hetero) is 1. The number of halogens is 2. The van der Waals surface area contributed by atoms with Crippen molar-refractivity contribution in [2.45, 2.75) is 39.0 Å². The van der Waals surface area contributed by atoms with Gasteiger partial charge in [0, 0.05) is 18.2 Å². The second kappa shape index (κ2) is 5.97. The molecule has 0 bridgehead atoms.